The number of aromatic hydroxyl groups is 1. The standard InChI is InChI=1S/C22H15ClF3NO4/c23-18-11-8-15(12-17(18)22(24,25)26)27-20(29)19(13-4-2-1-3-5-13)31-21(30)14-6-9-16(28)10-7-14/h1-12,19,28H,(H,27,29)/t19-/m1/s1. The molecule has 0 aliphatic carbocycles. The average Bonchev–Trinajstić information content (AvgIpc) is 2.73. The van der Waals surface area contributed by atoms with Crippen LogP contribution in [0.5, 0.6) is 5.75 Å². The molecule has 0 aromatic heterocycles. The molecule has 0 unspecified atom stereocenters. The maximum Gasteiger partial charge on any atom is 0.417 e. The van der Waals surface area contributed by atoms with Crippen molar-refractivity contribution in [1.82, 2.24) is 0 Å². The average molecular weight is 450 g/mol. The number of esters is 1. The van der Waals surface area contributed by atoms with Crippen LogP contribution in [0.25, 0.3) is 0 Å². The highest BCUT2D eigenvalue weighted by atomic mass is 35.5. The minimum atomic E-state index is -4.71. The number of phenols is 1. The summed E-state index contributed by atoms with van der Waals surface area (Å²) in [6.45, 7) is 0. The van der Waals surface area contributed by atoms with Crippen LogP contribution < -0.4 is 5.32 Å². The van der Waals surface area contributed by atoms with Crippen LogP contribution in [0.3, 0.4) is 0 Å². The smallest absolute Gasteiger partial charge is 0.417 e. The van der Waals surface area contributed by atoms with E-state index in [-0.39, 0.29) is 17.0 Å². The number of carbonyl (C=O) groups excluding carboxylic acids is 2. The Balaban J connectivity index is 1.87. The molecule has 31 heavy (non-hydrogen) atoms. The summed E-state index contributed by atoms with van der Waals surface area (Å²) in [7, 11) is 0. The highest BCUT2D eigenvalue weighted by Crippen LogP contribution is 2.36. The van der Waals surface area contributed by atoms with Crippen molar-refractivity contribution in [3.8, 4) is 5.75 Å². The molecule has 1 amide bonds. The lowest BCUT2D eigenvalue weighted by molar-refractivity contribution is -0.137. The Labute approximate surface area is 180 Å². The summed E-state index contributed by atoms with van der Waals surface area (Å²) in [6, 6.07) is 16.1. The highest BCUT2D eigenvalue weighted by molar-refractivity contribution is 6.31. The monoisotopic (exact) mass is 449 g/mol. The normalized spacial score (nSPS) is 12.1. The number of amides is 1. The van der Waals surface area contributed by atoms with E-state index < -0.39 is 34.7 Å². The van der Waals surface area contributed by atoms with Crippen molar-refractivity contribution in [3.05, 3.63) is 94.5 Å². The van der Waals surface area contributed by atoms with E-state index in [1.165, 1.54) is 42.5 Å². The molecule has 3 rings (SSSR count). The van der Waals surface area contributed by atoms with Gasteiger partial charge >= 0.3 is 12.1 Å². The summed E-state index contributed by atoms with van der Waals surface area (Å²) in [5.74, 6) is -1.76. The van der Waals surface area contributed by atoms with E-state index in [1.54, 1.807) is 18.2 Å². The zero-order valence-corrected chi connectivity index (χ0v) is 16.4. The number of rotatable bonds is 5. The number of hydrogen-bond acceptors (Lipinski definition) is 4. The quantitative estimate of drug-likeness (QED) is 0.497. The highest BCUT2D eigenvalue weighted by Gasteiger charge is 2.34. The Morgan fingerprint density at radius 3 is 2.23 bits per heavy atom. The van der Waals surface area contributed by atoms with E-state index in [0.717, 1.165) is 6.07 Å². The molecule has 0 heterocycles. The number of alkyl halides is 3. The molecule has 0 aliphatic heterocycles. The van der Waals surface area contributed by atoms with Gasteiger partial charge in [-0.25, -0.2) is 4.79 Å². The van der Waals surface area contributed by atoms with Crippen molar-refractivity contribution in [2.75, 3.05) is 5.32 Å². The fraction of sp³-hybridized carbons (Fsp3) is 0.0909. The SMILES string of the molecule is O=C(O[C@@H](C(=O)Nc1ccc(Cl)c(C(F)(F)F)c1)c1ccccc1)c1ccc(O)cc1. The molecule has 0 saturated heterocycles. The number of phenolic OH excluding ortho intramolecular Hbond substituents is 1. The van der Waals surface area contributed by atoms with E-state index in [1.807, 2.05) is 0 Å². The van der Waals surface area contributed by atoms with Gasteiger partial charge in [-0.2, -0.15) is 13.2 Å². The Morgan fingerprint density at radius 1 is 0.968 bits per heavy atom. The lowest BCUT2D eigenvalue weighted by Crippen LogP contribution is -2.26. The number of halogens is 4. The maximum atomic E-state index is 13.1. The minimum Gasteiger partial charge on any atom is -0.508 e. The van der Waals surface area contributed by atoms with Gasteiger partial charge in [-0.1, -0.05) is 41.9 Å². The third kappa shape index (κ3) is 5.55. The Hall–Kier alpha value is -3.52. The summed E-state index contributed by atoms with van der Waals surface area (Å²) in [5, 5.41) is 11.2. The molecule has 1 atom stereocenters. The Bertz CT molecular complexity index is 1090. The van der Waals surface area contributed by atoms with E-state index in [9.17, 15) is 27.9 Å². The van der Waals surface area contributed by atoms with Crippen molar-refractivity contribution in [3.63, 3.8) is 0 Å². The molecule has 3 aromatic carbocycles. The minimum absolute atomic E-state index is 0.0582. The second-order valence-electron chi connectivity index (χ2n) is 6.42. The van der Waals surface area contributed by atoms with Gasteiger partial charge in [0.25, 0.3) is 5.91 Å². The van der Waals surface area contributed by atoms with Crippen LogP contribution in [0.15, 0.2) is 72.8 Å². The largest absolute Gasteiger partial charge is 0.508 e. The van der Waals surface area contributed by atoms with Crippen molar-refractivity contribution in [1.29, 1.82) is 0 Å². The second kappa shape index (κ2) is 9.09. The van der Waals surface area contributed by atoms with Crippen LogP contribution in [-0.4, -0.2) is 17.0 Å². The molecule has 2 N–H and O–H groups in total. The Morgan fingerprint density at radius 2 is 1.61 bits per heavy atom. The number of hydrogen-bond donors (Lipinski definition) is 2. The van der Waals surface area contributed by atoms with Crippen LogP contribution in [0.2, 0.25) is 5.02 Å². The number of carbonyl (C=O) groups is 2. The molecule has 3 aromatic rings. The third-order valence-electron chi connectivity index (χ3n) is 4.21. The van der Waals surface area contributed by atoms with Gasteiger partial charge in [-0.15, -0.1) is 0 Å². The summed E-state index contributed by atoms with van der Waals surface area (Å²) in [5.41, 5.74) is -0.873. The van der Waals surface area contributed by atoms with E-state index >= 15 is 0 Å². The Kier molecular flexibility index (Phi) is 6.50. The number of anilines is 1. The summed E-state index contributed by atoms with van der Waals surface area (Å²) in [4.78, 5) is 25.3. The molecular formula is C22H15ClF3NO4. The summed E-state index contributed by atoms with van der Waals surface area (Å²) < 4.78 is 44.6. The summed E-state index contributed by atoms with van der Waals surface area (Å²) >= 11 is 5.60. The predicted octanol–water partition coefficient (Wildman–Crippen LogP) is 5.60. The first kappa shape index (κ1) is 22.2. The lowest BCUT2D eigenvalue weighted by atomic mass is 10.1. The van der Waals surface area contributed by atoms with Gasteiger partial charge in [0.1, 0.15) is 5.75 Å². The van der Waals surface area contributed by atoms with E-state index in [0.29, 0.717) is 11.6 Å². The van der Waals surface area contributed by atoms with Crippen molar-refractivity contribution in [2.24, 2.45) is 0 Å². The van der Waals surface area contributed by atoms with Crippen LogP contribution in [0, 0.1) is 0 Å². The molecule has 5 nitrogen and oxygen atoms in total. The summed E-state index contributed by atoms with van der Waals surface area (Å²) in [6.07, 6.45) is -6.14. The maximum absolute atomic E-state index is 13.1. The van der Waals surface area contributed by atoms with Gasteiger partial charge in [0.15, 0.2) is 0 Å². The molecule has 9 heteroatoms. The predicted molar refractivity (Wildman–Crippen MR) is 108 cm³/mol. The van der Waals surface area contributed by atoms with Crippen molar-refractivity contribution < 1.29 is 32.6 Å². The zero-order valence-electron chi connectivity index (χ0n) is 15.7. The van der Waals surface area contributed by atoms with Gasteiger partial charge in [-0.05, 0) is 42.5 Å². The molecular weight excluding hydrogens is 435 g/mol. The topological polar surface area (TPSA) is 75.6 Å². The molecule has 0 saturated carbocycles. The van der Waals surface area contributed by atoms with Gasteiger partial charge < -0.3 is 15.2 Å². The molecule has 0 radical (unpaired) electrons. The molecule has 0 spiro atoms. The number of ether oxygens (including phenoxy) is 1. The fourth-order valence-corrected chi connectivity index (χ4v) is 2.93. The number of nitrogens with one attached hydrogen (secondary N) is 1. The van der Waals surface area contributed by atoms with Crippen LogP contribution in [0.1, 0.15) is 27.6 Å². The van der Waals surface area contributed by atoms with Crippen LogP contribution in [0.4, 0.5) is 18.9 Å². The molecule has 0 fully saturated rings. The fourth-order valence-electron chi connectivity index (χ4n) is 2.70. The van der Waals surface area contributed by atoms with Gasteiger partial charge in [0, 0.05) is 11.3 Å². The van der Waals surface area contributed by atoms with Crippen LogP contribution >= 0.6 is 11.6 Å². The first-order valence-corrected chi connectivity index (χ1v) is 9.25. The zero-order chi connectivity index (χ0) is 22.6. The van der Waals surface area contributed by atoms with Gasteiger partial charge in [-0.3, -0.25) is 4.79 Å². The van der Waals surface area contributed by atoms with Crippen molar-refractivity contribution >= 4 is 29.2 Å². The third-order valence-corrected chi connectivity index (χ3v) is 4.54. The second-order valence-corrected chi connectivity index (χ2v) is 6.83. The molecule has 160 valence electrons. The first-order chi connectivity index (χ1) is 14.6. The molecule has 0 bridgehead atoms. The van der Waals surface area contributed by atoms with E-state index in [4.69, 9.17) is 16.3 Å². The van der Waals surface area contributed by atoms with Gasteiger partial charge in [0.05, 0.1) is 16.1 Å². The lowest BCUT2D eigenvalue weighted by Gasteiger charge is -2.19. The molecule has 0 aliphatic rings. The van der Waals surface area contributed by atoms with E-state index in [2.05, 4.69) is 5.32 Å². The first-order valence-electron chi connectivity index (χ1n) is 8.88. The van der Waals surface area contributed by atoms with Crippen LogP contribution in [-0.2, 0) is 15.7 Å². The van der Waals surface area contributed by atoms with Crippen molar-refractivity contribution in [2.45, 2.75) is 12.3 Å². The number of benzene rings is 3. The van der Waals surface area contributed by atoms with Gasteiger partial charge in [0.2, 0.25) is 6.10 Å².